The fraction of sp³-hybridized carbons (Fsp3) is 0.200. The predicted molar refractivity (Wildman–Crippen MR) is 75.6 cm³/mol. The van der Waals surface area contributed by atoms with E-state index in [4.69, 9.17) is 0 Å². The third kappa shape index (κ3) is 2.42. The number of nitrogens with one attached hydrogen (secondary N) is 2. The highest BCUT2D eigenvalue weighted by Gasteiger charge is 2.13. The Bertz CT molecular complexity index is 620. The summed E-state index contributed by atoms with van der Waals surface area (Å²) in [6.07, 6.45) is 2.76. The molecule has 1 aromatic carbocycles. The van der Waals surface area contributed by atoms with Crippen LogP contribution in [0.2, 0.25) is 0 Å². The number of carbonyl (C=O) groups is 1. The van der Waals surface area contributed by atoms with E-state index in [1.165, 1.54) is 5.56 Å². The predicted octanol–water partition coefficient (Wildman–Crippen LogP) is 2.61. The summed E-state index contributed by atoms with van der Waals surface area (Å²) in [5.41, 5.74) is 4.05. The van der Waals surface area contributed by atoms with Crippen LogP contribution in [0.15, 0.2) is 36.5 Å². The third-order valence-electron chi connectivity index (χ3n) is 3.23. The van der Waals surface area contributed by atoms with Crippen LogP contribution in [0.4, 0.5) is 11.5 Å². The van der Waals surface area contributed by atoms with E-state index in [-0.39, 0.29) is 5.91 Å². The van der Waals surface area contributed by atoms with Gasteiger partial charge in [0.1, 0.15) is 5.82 Å². The van der Waals surface area contributed by atoms with Gasteiger partial charge in [-0.15, -0.1) is 0 Å². The second-order valence-electron chi connectivity index (χ2n) is 4.72. The van der Waals surface area contributed by atoms with Gasteiger partial charge in [0.25, 0.3) is 5.91 Å². The normalized spacial score (nSPS) is 12.7. The van der Waals surface area contributed by atoms with Crippen molar-refractivity contribution < 1.29 is 4.79 Å². The van der Waals surface area contributed by atoms with Crippen LogP contribution in [-0.4, -0.2) is 17.4 Å². The van der Waals surface area contributed by atoms with E-state index >= 15 is 0 Å². The van der Waals surface area contributed by atoms with Gasteiger partial charge in [-0.3, -0.25) is 4.79 Å². The van der Waals surface area contributed by atoms with E-state index in [1.54, 1.807) is 12.3 Å². The summed E-state index contributed by atoms with van der Waals surface area (Å²) in [7, 11) is 0. The lowest BCUT2D eigenvalue weighted by Gasteiger charge is -2.06. The number of fused-ring (bicyclic) bond motifs is 1. The van der Waals surface area contributed by atoms with Crippen LogP contribution >= 0.6 is 0 Å². The van der Waals surface area contributed by atoms with Gasteiger partial charge in [0.2, 0.25) is 0 Å². The Labute approximate surface area is 111 Å². The van der Waals surface area contributed by atoms with Crippen LogP contribution in [0, 0.1) is 6.92 Å². The Balaban J connectivity index is 1.78. The maximum absolute atomic E-state index is 12.1. The van der Waals surface area contributed by atoms with E-state index in [0.29, 0.717) is 11.4 Å². The number of pyridine rings is 1. The van der Waals surface area contributed by atoms with Gasteiger partial charge in [-0.05, 0) is 42.7 Å². The van der Waals surface area contributed by atoms with Crippen LogP contribution in [-0.2, 0) is 6.42 Å². The van der Waals surface area contributed by atoms with Crippen molar-refractivity contribution in [1.29, 1.82) is 0 Å². The molecule has 19 heavy (non-hydrogen) atoms. The average molecular weight is 253 g/mol. The molecule has 0 aliphatic carbocycles. The molecule has 0 atom stereocenters. The quantitative estimate of drug-likeness (QED) is 0.865. The first kappa shape index (κ1) is 11.7. The van der Waals surface area contributed by atoms with Gasteiger partial charge in [0, 0.05) is 24.0 Å². The van der Waals surface area contributed by atoms with Gasteiger partial charge in [0.05, 0.1) is 0 Å². The zero-order chi connectivity index (χ0) is 13.2. The van der Waals surface area contributed by atoms with Crippen LogP contribution in [0.25, 0.3) is 0 Å². The molecule has 4 heteroatoms. The van der Waals surface area contributed by atoms with Crippen molar-refractivity contribution in [1.82, 2.24) is 4.98 Å². The molecule has 0 saturated carbocycles. The van der Waals surface area contributed by atoms with Crippen LogP contribution in [0.3, 0.4) is 0 Å². The minimum Gasteiger partial charge on any atom is -0.384 e. The molecule has 2 heterocycles. The van der Waals surface area contributed by atoms with Crippen molar-refractivity contribution in [3.8, 4) is 0 Å². The standard InChI is InChI=1S/C15H15N3O/c1-10-2-5-14(17-9-10)18-15(19)12-4-3-11-6-7-16-13(11)8-12/h2-5,8-9,16H,6-7H2,1H3,(H,17,18,19). The topological polar surface area (TPSA) is 54.0 Å². The monoisotopic (exact) mass is 253 g/mol. The minimum absolute atomic E-state index is 0.132. The first-order valence-corrected chi connectivity index (χ1v) is 6.33. The van der Waals surface area contributed by atoms with Crippen LogP contribution in [0.5, 0.6) is 0 Å². The number of aryl methyl sites for hydroxylation is 1. The highest BCUT2D eigenvalue weighted by molar-refractivity contribution is 6.04. The fourth-order valence-electron chi connectivity index (χ4n) is 2.16. The van der Waals surface area contributed by atoms with Crippen molar-refractivity contribution in [3.05, 3.63) is 53.2 Å². The molecule has 0 radical (unpaired) electrons. The molecular weight excluding hydrogens is 238 g/mol. The van der Waals surface area contributed by atoms with Gasteiger partial charge in [0.15, 0.2) is 0 Å². The van der Waals surface area contributed by atoms with Crippen molar-refractivity contribution >= 4 is 17.4 Å². The van der Waals surface area contributed by atoms with E-state index < -0.39 is 0 Å². The Morgan fingerprint density at radius 3 is 3.00 bits per heavy atom. The highest BCUT2D eigenvalue weighted by atomic mass is 16.1. The van der Waals surface area contributed by atoms with E-state index in [1.807, 2.05) is 31.2 Å². The molecular formula is C15H15N3O. The Kier molecular flexibility index (Phi) is 2.91. The number of nitrogens with zero attached hydrogens (tertiary/aromatic N) is 1. The number of rotatable bonds is 2. The summed E-state index contributed by atoms with van der Waals surface area (Å²) in [4.78, 5) is 16.3. The second-order valence-corrected chi connectivity index (χ2v) is 4.72. The summed E-state index contributed by atoms with van der Waals surface area (Å²) in [6, 6.07) is 9.49. The smallest absolute Gasteiger partial charge is 0.256 e. The molecule has 96 valence electrons. The summed E-state index contributed by atoms with van der Waals surface area (Å²) < 4.78 is 0. The van der Waals surface area contributed by atoms with Crippen LogP contribution in [0.1, 0.15) is 21.5 Å². The Morgan fingerprint density at radius 2 is 2.21 bits per heavy atom. The first-order chi connectivity index (χ1) is 9.22. The van der Waals surface area contributed by atoms with Gasteiger partial charge in [-0.25, -0.2) is 4.98 Å². The minimum atomic E-state index is -0.132. The molecule has 1 aromatic heterocycles. The number of aromatic nitrogens is 1. The summed E-state index contributed by atoms with van der Waals surface area (Å²) >= 11 is 0. The molecule has 0 saturated heterocycles. The summed E-state index contributed by atoms with van der Waals surface area (Å²) in [5, 5.41) is 6.07. The largest absolute Gasteiger partial charge is 0.384 e. The van der Waals surface area contributed by atoms with E-state index in [0.717, 1.165) is 24.2 Å². The molecule has 2 N–H and O–H groups in total. The lowest BCUT2D eigenvalue weighted by molar-refractivity contribution is 0.102. The fourth-order valence-corrected chi connectivity index (χ4v) is 2.16. The zero-order valence-corrected chi connectivity index (χ0v) is 10.7. The number of hydrogen-bond acceptors (Lipinski definition) is 3. The van der Waals surface area contributed by atoms with Crippen molar-refractivity contribution in [2.45, 2.75) is 13.3 Å². The van der Waals surface area contributed by atoms with Crippen molar-refractivity contribution in [2.75, 3.05) is 17.2 Å². The number of amides is 1. The average Bonchev–Trinajstić information content (AvgIpc) is 2.88. The summed E-state index contributed by atoms with van der Waals surface area (Å²) in [6.45, 7) is 2.91. The molecule has 0 unspecified atom stereocenters. The molecule has 1 amide bonds. The number of carbonyl (C=O) groups excluding carboxylic acids is 1. The third-order valence-corrected chi connectivity index (χ3v) is 3.23. The van der Waals surface area contributed by atoms with Gasteiger partial charge in [-0.1, -0.05) is 12.1 Å². The van der Waals surface area contributed by atoms with Gasteiger partial charge >= 0.3 is 0 Å². The molecule has 3 rings (SSSR count). The van der Waals surface area contributed by atoms with E-state index in [2.05, 4.69) is 15.6 Å². The lowest BCUT2D eigenvalue weighted by Crippen LogP contribution is -2.13. The number of hydrogen-bond donors (Lipinski definition) is 2. The second kappa shape index (κ2) is 4.72. The lowest BCUT2D eigenvalue weighted by atomic mass is 10.1. The molecule has 0 spiro atoms. The van der Waals surface area contributed by atoms with Gasteiger partial charge in [-0.2, -0.15) is 0 Å². The first-order valence-electron chi connectivity index (χ1n) is 6.33. The molecule has 1 aliphatic heterocycles. The molecule has 2 aromatic rings. The van der Waals surface area contributed by atoms with Gasteiger partial charge < -0.3 is 10.6 Å². The maximum Gasteiger partial charge on any atom is 0.256 e. The maximum atomic E-state index is 12.1. The van der Waals surface area contributed by atoms with Crippen molar-refractivity contribution in [3.63, 3.8) is 0 Å². The summed E-state index contributed by atoms with van der Waals surface area (Å²) in [5.74, 6) is 0.442. The highest BCUT2D eigenvalue weighted by Crippen LogP contribution is 2.23. The molecule has 1 aliphatic rings. The van der Waals surface area contributed by atoms with Crippen molar-refractivity contribution in [2.24, 2.45) is 0 Å². The Morgan fingerprint density at radius 1 is 1.32 bits per heavy atom. The molecule has 4 nitrogen and oxygen atoms in total. The Hall–Kier alpha value is -2.36. The number of benzene rings is 1. The van der Waals surface area contributed by atoms with E-state index in [9.17, 15) is 4.79 Å². The SMILES string of the molecule is Cc1ccc(NC(=O)c2ccc3c(c2)NCC3)nc1. The molecule has 0 bridgehead atoms. The number of anilines is 2. The zero-order valence-electron chi connectivity index (χ0n) is 10.7. The van der Waals surface area contributed by atoms with Crippen LogP contribution < -0.4 is 10.6 Å². The molecule has 0 fully saturated rings.